The minimum absolute atomic E-state index is 0.00910. The molecule has 3 aromatic rings. The quantitative estimate of drug-likeness (QED) is 0.445. The molecule has 0 aliphatic carbocycles. The summed E-state index contributed by atoms with van der Waals surface area (Å²) in [5.74, 6) is -1.25. The number of rotatable bonds is 7. The van der Waals surface area contributed by atoms with Gasteiger partial charge in [0.15, 0.2) is 6.61 Å². The van der Waals surface area contributed by atoms with E-state index in [0.29, 0.717) is 12.1 Å². The Hall–Kier alpha value is -4.20. The molecule has 0 atom stereocenters. The van der Waals surface area contributed by atoms with Crippen LogP contribution in [0.25, 0.3) is 10.8 Å². The number of likely N-dealkylation sites (N-methyl/N-ethyl adjacent to an activating group) is 1. The lowest BCUT2D eigenvalue weighted by Crippen LogP contribution is -2.34. The standard InChI is InChI=1S/C25H23N3O5/c1-2-27(21-9-5-7-18-6-3-4-8-20(18)21)23(30)16-33-24(31)19-12-10-17(11-13-19)15-28-22(29)14-26-25(28)32/h3-13H,2,14-16H2,1H3,(H,26,32). The molecule has 0 aromatic heterocycles. The molecule has 1 fully saturated rings. The Morgan fingerprint density at radius 1 is 1.00 bits per heavy atom. The average molecular weight is 445 g/mol. The molecule has 1 heterocycles. The van der Waals surface area contributed by atoms with E-state index in [1.807, 2.05) is 49.4 Å². The normalized spacial score (nSPS) is 13.2. The zero-order chi connectivity index (χ0) is 23.4. The van der Waals surface area contributed by atoms with E-state index in [4.69, 9.17) is 4.74 Å². The van der Waals surface area contributed by atoms with Crippen LogP contribution in [0.1, 0.15) is 22.8 Å². The third-order valence-corrected chi connectivity index (χ3v) is 5.47. The molecule has 1 saturated heterocycles. The van der Waals surface area contributed by atoms with Crippen LogP contribution in [0, 0.1) is 0 Å². The van der Waals surface area contributed by atoms with Crippen molar-refractivity contribution in [2.24, 2.45) is 0 Å². The van der Waals surface area contributed by atoms with Crippen LogP contribution in [-0.4, -0.2) is 48.4 Å². The molecule has 8 nitrogen and oxygen atoms in total. The van der Waals surface area contributed by atoms with Crippen LogP contribution < -0.4 is 10.2 Å². The van der Waals surface area contributed by atoms with E-state index >= 15 is 0 Å². The first-order chi connectivity index (χ1) is 16.0. The predicted octanol–water partition coefficient (Wildman–Crippen LogP) is 3.10. The predicted molar refractivity (Wildman–Crippen MR) is 123 cm³/mol. The van der Waals surface area contributed by atoms with Gasteiger partial charge in [-0.3, -0.25) is 14.5 Å². The Morgan fingerprint density at radius 2 is 1.73 bits per heavy atom. The van der Waals surface area contributed by atoms with Gasteiger partial charge in [-0.15, -0.1) is 0 Å². The highest BCUT2D eigenvalue weighted by molar-refractivity contribution is 6.05. The SMILES string of the molecule is CCN(C(=O)COC(=O)c1ccc(CN2C(=O)CNC2=O)cc1)c1cccc2ccccc12. The number of anilines is 1. The van der Waals surface area contributed by atoms with Gasteiger partial charge in [-0.05, 0) is 36.1 Å². The molecule has 4 amide bonds. The lowest BCUT2D eigenvalue weighted by molar-refractivity contribution is -0.125. The zero-order valence-corrected chi connectivity index (χ0v) is 18.1. The van der Waals surface area contributed by atoms with Gasteiger partial charge in [0.05, 0.1) is 24.3 Å². The highest BCUT2D eigenvalue weighted by Crippen LogP contribution is 2.26. The van der Waals surface area contributed by atoms with E-state index in [1.54, 1.807) is 29.2 Å². The van der Waals surface area contributed by atoms with Crippen molar-refractivity contribution < 1.29 is 23.9 Å². The number of carbonyl (C=O) groups is 4. The number of hydrogen-bond acceptors (Lipinski definition) is 5. The minimum atomic E-state index is -0.626. The number of imide groups is 1. The van der Waals surface area contributed by atoms with Gasteiger partial charge in [-0.1, -0.05) is 48.5 Å². The topological polar surface area (TPSA) is 96.0 Å². The van der Waals surface area contributed by atoms with Crippen molar-refractivity contribution in [2.75, 3.05) is 24.6 Å². The first kappa shape index (κ1) is 22.0. The molecule has 33 heavy (non-hydrogen) atoms. The van der Waals surface area contributed by atoms with Crippen molar-refractivity contribution in [3.63, 3.8) is 0 Å². The number of ether oxygens (including phenoxy) is 1. The fraction of sp³-hybridized carbons (Fsp3) is 0.200. The molecule has 1 N–H and O–H groups in total. The third kappa shape index (κ3) is 4.69. The van der Waals surface area contributed by atoms with Gasteiger partial charge >= 0.3 is 12.0 Å². The first-order valence-electron chi connectivity index (χ1n) is 10.6. The summed E-state index contributed by atoms with van der Waals surface area (Å²) in [6, 6.07) is 19.5. The molecule has 0 saturated carbocycles. The van der Waals surface area contributed by atoms with Crippen LogP contribution >= 0.6 is 0 Å². The molecule has 0 bridgehead atoms. The number of benzene rings is 3. The lowest BCUT2D eigenvalue weighted by Gasteiger charge is -2.22. The van der Waals surface area contributed by atoms with Crippen molar-refractivity contribution in [3.05, 3.63) is 77.9 Å². The molecule has 1 aliphatic heterocycles. The zero-order valence-electron chi connectivity index (χ0n) is 18.1. The number of nitrogens with one attached hydrogen (secondary N) is 1. The Kier molecular flexibility index (Phi) is 6.35. The van der Waals surface area contributed by atoms with Gasteiger partial charge < -0.3 is 15.0 Å². The summed E-state index contributed by atoms with van der Waals surface area (Å²) in [4.78, 5) is 51.3. The third-order valence-electron chi connectivity index (χ3n) is 5.47. The molecular formula is C25H23N3O5. The largest absolute Gasteiger partial charge is 0.452 e. The summed E-state index contributed by atoms with van der Waals surface area (Å²) in [6.45, 7) is 2.02. The summed E-state index contributed by atoms with van der Waals surface area (Å²) in [5.41, 5.74) is 1.74. The Balaban J connectivity index is 1.39. The molecule has 4 rings (SSSR count). The molecule has 0 unspecified atom stereocenters. The van der Waals surface area contributed by atoms with Crippen LogP contribution in [0.15, 0.2) is 66.7 Å². The molecule has 1 aliphatic rings. The second-order valence-corrected chi connectivity index (χ2v) is 7.55. The molecule has 3 aromatic carbocycles. The van der Waals surface area contributed by atoms with Crippen molar-refractivity contribution in [3.8, 4) is 0 Å². The van der Waals surface area contributed by atoms with Crippen LogP contribution in [0.5, 0.6) is 0 Å². The Bertz CT molecular complexity index is 1200. The molecule has 0 radical (unpaired) electrons. The van der Waals surface area contributed by atoms with Gasteiger partial charge in [-0.2, -0.15) is 0 Å². The van der Waals surface area contributed by atoms with E-state index in [-0.39, 0.29) is 37.1 Å². The maximum atomic E-state index is 12.8. The van der Waals surface area contributed by atoms with E-state index in [1.165, 1.54) is 0 Å². The second-order valence-electron chi connectivity index (χ2n) is 7.55. The maximum absolute atomic E-state index is 12.8. The number of nitrogens with zero attached hydrogens (tertiary/aromatic N) is 2. The summed E-state index contributed by atoms with van der Waals surface area (Å²) < 4.78 is 5.25. The Labute approximate surface area is 190 Å². The van der Waals surface area contributed by atoms with E-state index in [2.05, 4.69) is 5.32 Å². The van der Waals surface area contributed by atoms with E-state index in [9.17, 15) is 19.2 Å². The van der Waals surface area contributed by atoms with Gasteiger partial charge in [0.1, 0.15) is 0 Å². The van der Waals surface area contributed by atoms with Gasteiger partial charge in [-0.25, -0.2) is 9.59 Å². The Morgan fingerprint density at radius 3 is 2.42 bits per heavy atom. The summed E-state index contributed by atoms with van der Waals surface area (Å²) in [6.07, 6.45) is 0. The summed E-state index contributed by atoms with van der Waals surface area (Å²) in [7, 11) is 0. The van der Waals surface area contributed by atoms with Crippen LogP contribution in [0.3, 0.4) is 0 Å². The van der Waals surface area contributed by atoms with Gasteiger partial charge in [0.2, 0.25) is 5.91 Å². The summed E-state index contributed by atoms with van der Waals surface area (Å²) in [5, 5.41) is 4.43. The monoisotopic (exact) mass is 445 g/mol. The number of fused-ring (bicyclic) bond motifs is 1. The van der Waals surface area contributed by atoms with E-state index in [0.717, 1.165) is 21.4 Å². The number of urea groups is 1. The number of esters is 1. The van der Waals surface area contributed by atoms with Crippen LogP contribution in [0.2, 0.25) is 0 Å². The van der Waals surface area contributed by atoms with Crippen molar-refractivity contribution in [2.45, 2.75) is 13.5 Å². The molecule has 0 spiro atoms. The number of carbonyl (C=O) groups excluding carboxylic acids is 4. The van der Waals surface area contributed by atoms with Crippen molar-refractivity contribution in [1.82, 2.24) is 10.2 Å². The van der Waals surface area contributed by atoms with Crippen molar-refractivity contribution in [1.29, 1.82) is 0 Å². The fourth-order valence-electron chi connectivity index (χ4n) is 3.76. The average Bonchev–Trinajstić information content (AvgIpc) is 3.15. The van der Waals surface area contributed by atoms with Crippen LogP contribution in [-0.2, 0) is 20.9 Å². The minimum Gasteiger partial charge on any atom is -0.452 e. The molecule has 8 heteroatoms. The first-order valence-corrected chi connectivity index (χ1v) is 10.6. The molecule has 168 valence electrons. The highest BCUT2D eigenvalue weighted by atomic mass is 16.5. The van der Waals surface area contributed by atoms with Crippen LogP contribution in [0.4, 0.5) is 10.5 Å². The number of amides is 4. The fourth-order valence-corrected chi connectivity index (χ4v) is 3.76. The number of hydrogen-bond donors (Lipinski definition) is 1. The van der Waals surface area contributed by atoms with E-state index < -0.39 is 12.0 Å². The lowest BCUT2D eigenvalue weighted by atomic mass is 10.1. The smallest absolute Gasteiger partial charge is 0.338 e. The highest BCUT2D eigenvalue weighted by Gasteiger charge is 2.28. The van der Waals surface area contributed by atoms with Crippen molar-refractivity contribution >= 4 is 40.3 Å². The maximum Gasteiger partial charge on any atom is 0.338 e. The van der Waals surface area contributed by atoms with Gasteiger partial charge in [0.25, 0.3) is 5.91 Å². The van der Waals surface area contributed by atoms with Gasteiger partial charge in [0, 0.05) is 11.9 Å². The summed E-state index contributed by atoms with van der Waals surface area (Å²) >= 11 is 0. The molecular weight excluding hydrogens is 422 g/mol. The second kappa shape index (κ2) is 9.52.